The van der Waals surface area contributed by atoms with Gasteiger partial charge in [0.25, 0.3) is 0 Å². The van der Waals surface area contributed by atoms with Gasteiger partial charge in [0.2, 0.25) is 5.24 Å². The maximum Gasteiger partial charge on any atom is 0.231 e. The largest absolute Gasteiger partial charge is 0.457 e. The lowest BCUT2D eigenvalue weighted by Gasteiger charge is -2.06. The molecule has 0 aliphatic carbocycles. The van der Waals surface area contributed by atoms with Crippen LogP contribution in [-0.2, 0) is 4.79 Å². The van der Waals surface area contributed by atoms with Crippen molar-refractivity contribution in [1.82, 2.24) is 0 Å². The zero-order valence-corrected chi connectivity index (χ0v) is 12.1. The van der Waals surface area contributed by atoms with Gasteiger partial charge in [0.15, 0.2) is 0 Å². The number of hydrogen-bond donors (Lipinski definition) is 0. The Morgan fingerprint density at radius 2 is 1.53 bits per heavy atom. The molecule has 0 spiro atoms. The summed E-state index contributed by atoms with van der Waals surface area (Å²) in [6, 6.07) is 14.6. The number of benzene rings is 2. The van der Waals surface area contributed by atoms with Crippen molar-refractivity contribution in [3.63, 3.8) is 0 Å². The van der Waals surface area contributed by atoms with Crippen molar-refractivity contribution in [2.75, 3.05) is 5.75 Å². The number of ether oxygens (including phenoxy) is 1. The third-order valence-electron chi connectivity index (χ3n) is 2.23. The molecule has 19 heavy (non-hydrogen) atoms. The van der Waals surface area contributed by atoms with Gasteiger partial charge in [-0.1, -0.05) is 11.6 Å². The van der Waals surface area contributed by atoms with Crippen LogP contribution in [0.5, 0.6) is 11.5 Å². The van der Waals surface area contributed by atoms with Crippen molar-refractivity contribution in [2.24, 2.45) is 0 Å². The zero-order chi connectivity index (χ0) is 13.7. The molecule has 0 heterocycles. The summed E-state index contributed by atoms with van der Waals surface area (Å²) in [5.74, 6) is 1.71. The van der Waals surface area contributed by atoms with Crippen molar-refractivity contribution in [3.8, 4) is 11.5 Å². The minimum absolute atomic E-state index is 0.263. The van der Waals surface area contributed by atoms with Crippen molar-refractivity contribution >= 4 is 40.2 Å². The van der Waals surface area contributed by atoms with E-state index in [9.17, 15) is 4.79 Å². The Bertz CT molecular complexity index is 553. The Balaban J connectivity index is 1.98. The van der Waals surface area contributed by atoms with Crippen molar-refractivity contribution in [1.29, 1.82) is 0 Å². The molecule has 2 nitrogen and oxygen atoms in total. The molecule has 0 aliphatic rings. The molecular weight excluding hydrogens is 303 g/mol. The van der Waals surface area contributed by atoms with Crippen LogP contribution in [0.2, 0.25) is 5.02 Å². The average Bonchev–Trinajstić information content (AvgIpc) is 2.40. The van der Waals surface area contributed by atoms with E-state index in [0.717, 1.165) is 16.4 Å². The Labute approximate surface area is 125 Å². The highest BCUT2D eigenvalue weighted by Gasteiger charge is 2.01. The molecule has 0 bridgehead atoms. The Morgan fingerprint density at radius 1 is 1.00 bits per heavy atom. The summed E-state index contributed by atoms with van der Waals surface area (Å²) in [7, 11) is 0. The van der Waals surface area contributed by atoms with Crippen molar-refractivity contribution in [3.05, 3.63) is 53.6 Å². The smallest absolute Gasteiger partial charge is 0.231 e. The lowest BCUT2D eigenvalue weighted by atomic mass is 10.3. The van der Waals surface area contributed by atoms with E-state index in [4.69, 9.17) is 27.9 Å². The van der Waals surface area contributed by atoms with E-state index in [1.165, 1.54) is 11.8 Å². The maximum absolute atomic E-state index is 10.7. The molecule has 0 atom stereocenters. The molecule has 98 valence electrons. The first-order chi connectivity index (χ1) is 9.13. The van der Waals surface area contributed by atoms with E-state index in [2.05, 4.69) is 0 Å². The first-order valence-corrected chi connectivity index (χ1v) is 7.22. The van der Waals surface area contributed by atoms with Gasteiger partial charge in [-0.3, -0.25) is 4.79 Å². The van der Waals surface area contributed by atoms with Crippen molar-refractivity contribution in [2.45, 2.75) is 4.90 Å². The SMILES string of the molecule is O=C(Cl)CSc1ccc(Oc2ccc(Cl)cc2)cc1. The highest BCUT2D eigenvalue weighted by molar-refractivity contribution is 8.00. The molecule has 0 saturated heterocycles. The van der Waals surface area contributed by atoms with Crippen LogP contribution >= 0.6 is 35.0 Å². The lowest BCUT2D eigenvalue weighted by Crippen LogP contribution is -1.89. The summed E-state index contributed by atoms with van der Waals surface area (Å²) in [6.45, 7) is 0. The Hall–Kier alpha value is -1.16. The van der Waals surface area contributed by atoms with Gasteiger partial charge < -0.3 is 4.74 Å². The van der Waals surface area contributed by atoms with E-state index in [1.54, 1.807) is 24.3 Å². The van der Waals surface area contributed by atoms with Crippen LogP contribution in [0.1, 0.15) is 0 Å². The average molecular weight is 313 g/mol. The first kappa shape index (κ1) is 14.3. The number of carbonyl (C=O) groups is 1. The molecular formula is C14H10Cl2O2S. The normalized spacial score (nSPS) is 10.2. The van der Waals surface area contributed by atoms with E-state index >= 15 is 0 Å². The quantitative estimate of drug-likeness (QED) is 0.574. The van der Waals surface area contributed by atoms with Crippen LogP contribution in [-0.4, -0.2) is 11.0 Å². The topological polar surface area (TPSA) is 26.3 Å². The van der Waals surface area contributed by atoms with Crippen LogP contribution < -0.4 is 4.74 Å². The third-order valence-corrected chi connectivity index (χ3v) is 3.78. The third kappa shape index (κ3) is 4.78. The predicted octanol–water partition coefficient (Wildman–Crippen LogP) is 4.99. The highest BCUT2D eigenvalue weighted by Crippen LogP contribution is 2.26. The van der Waals surface area contributed by atoms with Crippen LogP contribution in [0.4, 0.5) is 0 Å². The molecule has 0 unspecified atom stereocenters. The standard InChI is InChI=1S/C14H10Cl2O2S/c15-10-1-3-11(4-2-10)18-12-5-7-13(8-6-12)19-9-14(16)17/h1-8H,9H2. The number of hydrogen-bond acceptors (Lipinski definition) is 3. The van der Waals surface area contributed by atoms with Crippen LogP contribution in [0.25, 0.3) is 0 Å². The molecule has 0 aromatic heterocycles. The lowest BCUT2D eigenvalue weighted by molar-refractivity contribution is -0.109. The van der Waals surface area contributed by atoms with Crippen LogP contribution in [0.3, 0.4) is 0 Å². The summed E-state index contributed by atoms with van der Waals surface area (Å²) in [5, 5.41) is 0.316. The number of halogens is 2. The number of thioether (sulfide) groups is 1. The second-order valence-corrected chi connectivity index (χ2v) is 5.58. The van der Waals surface area contributed by atoms with Gasteiger partial charge in [0.05, 0.1) is 5.75 Å². The number of rotatable bonds is 5. The van der Waals surface area contributed by atoms with E-state index in [1.807, 2.05) is 24.3 Å². The van der Waals surface area contributed by atoms with Gasteiger partial charge >= 0.3 is 0 Å². The molecule has 0 N–H and O–H groups in total. The van der Waals surface area contributed by atoms with Gasteiger partial charge in [0.1, 0.15) is 11.5 Å². The molecule has 2 rings (SSSR count). The zero-order valence-electron chi connectivity index (χ0n) is 9.81. The summed E-state index contributed by atoms with van der Waals surface area (Å²) in [5.41, 5.74) is 0. The summed E-state index contributed by atoms with van der Waals surface area (Å²) < 4.78 is 5.65. The Morgan fingerprint density at radius 3 is 2.05 bits per heavy atom. The second kappa shape index (κ2) is 6.85. The van der Waals surface area contributed by atoms with Gasteiger partial charge in [0, 0.05) is 9.92 Å². The molecule has 0 fully saturated rings. The van der Waals surface area contributed by atoms with Gasteiger partial charge in [-0.05, 0) is 60.1 Å². The molecule has 0 amide bonds. The molecule has 5 heteroatoms. The van der Waals surface area contributed by atoms with E-state index < -0.39 is 0 Å². The van der Waals surface area contributed by atoms with Crippen LogP contribution in [0, 0.1) is 0 Å². The fourth-order valence-corrected chi connectivity index (χ4v) is 2.28. The summed E-state index contributed by atoms with van der Waals surface area (Å²) in [4.78, 5) is 11.6. The Kier molecular flexibility index (Phi) is 5.14. The predicted molar refractivity (Wildman–Crippen MR) is 79.6 cm³/mol. The molecule has 0 aliphatic heterocycles. The fourth-order valence-electron chi connectivity index (χ4n) is 1.38. The second-order valence-electron chi connectivity index (χ2n) is 3.67. The molecule has 0 radical (unpaired) electrons. The van der Waals surface area contributed by atoms with Crippen LogP contribution in [0.15, 0.2) is 53.4 Å². The van der Waals surface area contributed by atoms with E-state index in [0.29, 0.717) is 5.02 Å². The van der Waals surface area contributed by atoms with Crippen molar-refractivity contribution < 1.29 is 9.53 Å². The first-order valence-electron chi connectivity index (χ1n) is 5.48. The monoisotopic (exact) mass is 312 g/mol. The molecule has 2 aromatic rings. The summed E-state index contributed by atoms with van der Waals surface area (Å²) in [6.07, 6.45) is 0. The van der Waals surface area contributed by atoms with Gasteiger partial charge in [-0.2, -0.15) is 0 Å². The fraction of sp³-hybridized carbons (Fsp3) is 0.0714. The summed E-state index contributed by atoms with van der Waals surface area (Å²) >= 11 is 12.5. The molecule has 0 saturated carbocycles. The maximum atomic E-state index is 10.7. The molecule has 2 aromatic carbocycles. The minimum atomic E-state index is -0.355. The highest BCUT2D eigenvalue weighted by atomic mass is 35.5. The van der Waals surface area contributed by atoms with E-state index in [-0.39, 0.29) is 11.0 Å². The number of carbonyl (C=O) groups excluding carboxylic acids is 1. The minimum Gasteiger partial charge on any atom is -0.457 e. The van der Waals surface area contributed by atoms with Gasteiger partial charge in [-0.25, -0.2) is 0 Å². The van der Waals surface area contributed by atoms with Gasteiger partial charge in [-0.15, -0.1) is 11.8 Å².